The molecule has 1 aliphatic carbocycles. The number of aromatic nitrogens is 1. The molecular formula is C14H15ClN2O3. The van der Waals surface area contributed by atoms with Gasteiger partial charge in [-0.25, -0.2) is 4.98 Å². The fraction of sp³-hybridized carbons (Fsp3) is 0.429. The normalized spacial score (nSPS) is 16.1. The SMILES string of the molecule is CCOC(=O)C(C=NC1CC1)C(=O)c1cccnc1Cl. The number of halogens is 1. The van der Waals surface area contributed by atoms with Crippen molar-refractivity contribution in [2.45, 2.75) is 25.8 Å². The Labute approximate surface area is 122 Å². The molecular weight excluding hydrogens is 280 g/mol. The van der Waals surface area contributed by atoms with E-state index in [0.29, 0.717) is 0 Å². The molecule has 0 aliphatic heterocycles. The number of aliphatic imine (C=N–C) groups is 1. The van der Waals surface area contributed by atoms with Crippen LogP contribution in [0.5, 0.6) is 0 Å². The fourth-order valence-electron chi connectivity index (χ4n) is 1.64. The molecule has 1 aromatic rings. The number of esters is 1. The van der Waals surface area contributed by atoms with E-state index >= 15 is 0 Å². The van der Waals surface area contributed by atoms with Crippen molar-refractivity contribution in [3.8, 4) is 0 Å². The number of Topliss-reactive ketones (excluding diaryl/α,β-unsaturated/α-hetero) is 1. The molecule has 5 nitrogen and oxygen atoms in total. The lowest BCUT2D eigenvalue weighted by molar-refractivity contribution is -0.143. The zero-order valence-corrected chi connectivity index (χ0v) is 11.8. The van der Waals surface area contributed by atoms with E-state index < -0.39 is 17.7 Å². The minimum Gasteiger partial charge on any atom is -0.465 e. The Hall–Kier alpha value is -1.75. The van der Waals surface area contributed by atoms with Crippen molar-refractivity contribution in [3.05, 3.63) is 29.0 Å². The third kappa shape index (κ3) is 3.63. The predicted molar refractivity (Wildman–Crippen MR) is 75.2 cm³/mol. The molecule has 106 valence electrons. The lowest BCUT2D eigenvalue weighted by atomic mass is 10.00. The maximum atomic E-state index is 12.4. The number of rotatable bonds is 6. The minimum absolute atomic E-state index is 0.0756. The Kier molecular flexibility index (Phi) is 4.84. The number of nitrogens with zero attached hydrogens (tertiary/aromatic N) is 2. The van der Waals surface area contributed by atoms with Gasteiger partial charge in [0.15, 0.2) is 11.7 Å². The summed E-state index contributed by atoms with van der Waals surface area (Å²) >= 11 is 5.89. The number of hydrogen-bond donors (Lipinski definition) is 0. The van der Waals surface area contributed by atoms with Crippen LogP contribution in [0.25, 0.3) is 0 Å². The van der Waals surface area contributed by atoms with E-state index in [4.69, 9.17) is 16.3 Å². The Morgan fingerprint density at radius 1 is 1.60 bits per heavy atom. The first kappa shape index (κ1) is 14.7. The molecule has 1 fully saturated rings. The topological polar surface area (TPSA) is 68.6 Å². The monoisotopic (exact) mass is 294 g/mol. The number of ketones is 1. The van der Waals surface area contributed by atoms with Crippen molar-refractivity contribution in [1.29, 1.82) is 0 Å². The van der Waals surface area contributed by atoms with Gasteiger partial charge in [-0.15, -0.1) is 0 Å². The summed E-state index contributed by atoms with van der Waals surface area (Å²) in [6, 6.07) is 3.36. The lowest BCUT2D eigenvalue weighted by Gasteiger charge is -2.10. The van der Waals surface area contributed by atoms with Crippen LogP contribution in [-0.2, 0) is 9.53 Å². The summed E-state index contributed by atoms with van der Waals surface area (Å²) in [6.07, 6.45) is 4.85. The van der Waals surface area contributed by atoms with Crippen LogP contribution in [0.4, 0.5) is 0 Å². The molecule has 6 heteroatoms. The summed E-state index contributed by atoms with van der Waals surface area (Å²) in [7, 11) is 0. The Morgan fingerprint density at radius 2 is 2.35 bits per heavy atom. The summed E-state index contributed by atoms with van der Waals surface area (Å²) in [5.41, 5.74) is 0.203. The Balaban J connectivity index is 2.22. The van der Waals surface area contributed by atoms with Crippen LogP contribution >= 0.6 is 11.6 Å². The molecule has 0 radical (unpaired) electrons. The summed E-state index contributed by atoms with van der Waals surface area (Å²) < 4.78 is 4.92. The van der Waals surface area contributed by atoms with Gasteiger partial charge in [0.05, 0.1) is 12.2 Å². The molecule has 0 N–H and O–H groups in total. The first-order valence-electron chi connectivity index (χ1n) is 6.48. The van der Waals surface area contributed by atoms with Crippen LogP contribution in [0, 0.1) is 5.92 Å². The molecule has 1 atom stereocenters. The van der Waals surface area contributed by atoms with E-state index in [1.54, 1.807) is 13.0 Å². The highest BCUT2D eigenvalue weighted by atomic mass is 35.5. The predicted octanol–water partition coefficient (Wildman–Crippen LogP) is 2.33. The van der Waals surface area contributed by atoms with E-state index in [1.807, 2.05) is 0 Å². The number of ether oxygens (including phenoxy) is 1. The smallest absolute Gasteiger partial charge is 0.322 e. The molecule has 0 bridgehead atoms. The molecule has 0 aromatic carbocycles. The van der Waals surface area contributed by atoms with Crippen LogP contribution in [0.15, 0.2) is 23.3 Å². The van der Waals surface area contributed by atoms with E-state index in [9.17, 15) is 9.59 Å². The highest BCUT2D eigenvalue weighted by Crippen LogP contribution is 2.24. The summed E-state index contributed by atoms with van der Waals surface area (Å²) in [5, 5.41) is 0.0756. The van der Waals surface area contributed by atoms with Crippen molar-refractivity contribution >= 4 is 29.6 Å². The second-order valence-electron chi connectivity index (χ2n) is 4.47. The van der Waals surface area contributed by atoms with Crippen molar-refractivity contribution in [1.82, 2.24) is 4.98 Å². The summed E-state index contributed by atoms with van der Waals surface area (Å²) in [6.45, 7) is 1.90. The number of carbonyl (C=O) groups is 2. The van der Waals surface area contributed by atoms with Crippen LogP contribution < -0.4 is 0 Å². The van der Waals surface area contributed by atoms with Gasteiger partial charge in [0.1, 0.15) is 5.15 Å². The Bertz CT molecular complexity index is 541. The first-order chi connectivity index (χ1) is 9.63. The van der Waals surface area contributed by atoms with E-state index in [-0.39, 0.29) is 23.4 Å². The van der Waals surface area contributed by atoms with Crippen molar-refractivity contribution in [3.63, 3.8) is 0 Å². The van der Waals surface area contributed by atoms with Gasteiger partial charge in [0.25, 0.3) is 0 Å². The van der Waals surface area contributed by atoms with Crippen molar-refractivity contribution < 1.29 is 14.3 Å². The zero-order valence-electron chi connectivity index (χ0n) is 11.1. The fourth-order valence-corrected chi connectivity index (χ4v) is 1.85. The molecule has 0 amide bonds. The second-order valence-corrected chi connectivity index (χ2v) is 4.82. The maximum absolute atomic E-state index is 12.4. The standard InChI is InChI=1S/C14H15ClN2O3/c1-2-20-14(19)11(8-17-9-5-6-9)12(18)10-4-3-7-16-13(10)15/h3-4,7-9,11H,2,5-6H2,1H3. The maximum Gasteiger partial charge on any atom is 0.322 e. The molecule has 0 spiro atoms. The average Bonchev–Trinajstić information content (AvgIpc) is 3.23. The van der Waals surface area contributed by atoms with Crippen molar-refractivity contribution in [2.24, 2.45) is 10.9 Å². The molecule has 20 heavy (non-hydrogen) atoms. The van der Waals surface area contributed by atoms with Gasteiger partial charge in [-0.1, -0.05) is 11.6 Å². The molecule has 0 saturated heterocycles. The van der Waals surface area contributed by atoms with Gasteiger partial charge < -0.3 is 4.74 Å². The zero-order chi connectivity index (χ0) is 14.5. The van der Waals surface area contributed by atoms with Crippen LogP contribution in [-0.4, -0.2) is 35.6 Å². The summed E-state index contributed by atoms with van der Waals surface area (Å²) in [4.78, 5) is 32.4. The molecule has 1 unspecified atom stereocenters. The van der Waals surface area contributed by atoms with Gasteiger partial charge in [-0.3, -0.25) is 14.6 Å². The third-order valence-electron chi connectivity index (χ3n) is 2.84. The quantitative estimate of drug-likeness (QED) is 0.265. The number of carbonyl (C=O) groups excluding carboxylic acids is 2. The largest absolute Gasteiger partial charge is 0.465 e. The van der Waals surface area contributed by atoms with Crippen LogP contribution in [0.2, 0.25) is 5.15 Å². The molecule has 2 rings (SSSR count). The van der Waals surface area contributed by atoms with Gasteiger partial charge in [0.2, 0.25) is 0 Å². The number of hydrogen-bond acceptors (Lipinski definition) is 5. The van der Waals surface area contributed by atoms with Gasteiger partial charge in [-0.2, -0.15) is 0 Å². The van der Waals surface area contributed by atoms with E-state index in [1.165, 1.54) is 18.5 Å². The first-order valence-corrected chi connectivity index (χ1v) is 6.86. The Morgan fingerprint density at radius 3 is 2.95 bits per heavy atom. The van der Waals surface area contributed by atoms with Crippen LogP contribution in [0.1, 0.15) is 30.1 Å². The molecule has 1 heterocycles. The molecule has 1 saturated carbocycles. The van der Waals surface area contributed by atoms with Gasteiger partial charge >= 0.3 is 5.97 Å². The average molecular weight is 295 g/mol. The summed E-state index contributed by atoms with van der Waals surface area (Å²) in [5.74, 6) is -2.11. The molecule has 1 aromatic heterocycles. The van der Waals surface area contributed by atoms with Gasteiger partial charge in [0, 0.05) is 18.5 Å². The minimum atomic E-state index is -1.06. The highest BCUT2D eigenvalue weighted by molar-refractivity contribution is 6.34. The van der Waals surface area contributed by atoms with Crippen LogP contribution in [0.3, 0.4) is 0 Å². The second kappa shape index (κ2) is 6.61. The number of pyridine rings is 1. The molecule has 1 aliphatic rings. The van der Waals surface area contributed by atoms with E-state index in [0.717, 1.165) is 12.8 Å². The van der Waals surface area contributed by atoms with Crippen molar-refractivity contribution in [2.75, 3.05) is 6.61 Å². The van der Waals surface area contributed by atoms with Gasteiger partial charge in [-0.05, 0) is 31.9 Å². The highest BCUT2D eigenvalue weighted by Gasteiger charge is 2.30. The van der Waals surface area contributed by atoms with E-state index in [2.05, 4.69) is 9.98 Å². The lowest BCUT2D eigenvalue weighted by Crippen LogP contribution is -2.28. The third-order valence-corrected chi connectivity index (χ3v) is 3.14.